The van der Waals surface area contributed by atoms with Gasteiger partial charge in [-0.25, -0.2) is 14.4 Å². The minimum absolute atomic E-state index is 0.000652. The maximum atomic E-state index is 14.4. The maximum absolute atomic E-state index is 14.4. The lowest BCUT2D eigenvalue weighted by molar-refractivity contribution is -0.387. The normalized spacial score (nSPS) is 10.9. The van der Waals surface area contributed by atoms with Crippen LogP contribution in [0.15, 0.2) is 42.7 Å². The van der Waals surface area contributed by atoms with Gasteiger partial charge in [0.2, 0.25) is 11.8 Å². The van der Waals surface area contributed by atoms with Crippen molar-refractivity contribution < 1.29 is 18.4 Å². The molecule has 0 unspecified atom stereocenters. The Kier molecular flexibility index (Phi) is 4.92. The SMILES string of the molecule is COc1cc(F)c([N+](=O)[O-])cc1Nc1ncc(Cl)c(-c2c[nH]c3cccc(F)c23)n1. The molecule has 0 saturated heterocycles. The van der Waals surface area contributed by atoms with E-state index in [0.717, 1.165) is 12.1 Å². The van der Waals surface area contributed by atoms with E-state index in [1.165, 1.54) is 19.4 Å². The standard InChI is InChI=1S/C19H12ClF2N5O3/c1-30-16-5-12(22)15(27(28)29)6-14(16)25-19-24-8-10(20)18(26-19)9-7-23-13-4-2-3-11(21)17(9)13/h2-8,23H,1H3,(H,24,25,26). The molecule has 152 valence electrons. The lowest BCUT2D eigenvalue weighted by Gasteiger charge is -2.11. The van der Waals surface area contributed by atoms with Crippen LogP contribution in [0.3, 0.4) is 0 Å². The van der Waals surface area contributed by atoms with Crippen LogP contribution < -0.4 is 10.1 Å². The van der Waals surface area contributed by atoms with Gasteiger partial charge in [0.05, 0.1) is 34.6 Å². The van der Waals surface area contributed by atoms with Crippen LogP contribution in [0.1, 0.15) is 0 Å². The van der Waals surface area contributed by atoms with Gasteiger partial charge in [-0.15, -0.1) is 0 Å². The van der Waals surface area contributed by atoms with Gasteiger partial charge < -0.3 is 15.0 Å². The number of aromatic nitrogens is 3. The van der Waals surface area contributed by atoms with Crippen molar-refractivity contribution in [3.8, 4) is 17.0 Å². The first-order chi connectivity index (χ1) is 14.4. The molecule has 2 N–H and O–H groups in total. The number of rotatable bonds is 5. The second-order valence-electron chi connectivity index (χ2n) is 6.14. The van der Waals surface area contributed by atoms with Gasteiger partial charge in [0.25, 0.3) is 0 Å². The summed E-state index contributed by atoms with van der Waals surface area (Å²) in [5, 5.41) is 14.3. The Bertz CT molecular complexity index is 1290. The quantitative estimate of drug-likeness (QED) is 0.331. The summed E-state index contributed by atoms with van der Waals surface area (Å²) in [6.45, 7) is 0. The fraction of sp³-hybridized carbons (Fsp3) is 0.0526. The third kappa shape index (κ3) is 3.37. The average Bonchev–Trinajstić information content (AvgIpc) is 3.15. The predicted octanol–water partition coefficient (Wildman–Crippen LogP) is 5.22. The number of nitro groups is 1. The molecule has 0 saturated carbocycles. The largest absolute Gasteiger partial charge is 0.494 e. The Hall–Kier alpha value is -3.79. The summed E-state index contributed by atoms with van der Waals surface area (Å²) in [5.74, 6) is -1.49. The van der Waals surface area contributed by atoms with Gasteiger partial charge >= 0.3 is 5.69 Å². The number of H-pyrrole nitrogens is 1. The fourth-order valence-electron chi connectivity index (χ4n) is 3.01. The van der Waals surface area contributed by atoms with Gasteiger partial charge in [0, 0.05) is 34.8 Å². The van der Waals surface area contributed by atoms with Crippen LogP contribution in [0.4, 0.5) is 26.1 Å². The molecule has 0 fully saturated rings. The monoisotopic (exact) mass is 431 g/mol. The van der Waals surface area contributed by atoms with Gasteiger partial charge in [-0.1, -0.05) is 17.7 Å². The number of nitrogens with zero attached hydrogens (tertiary/aromatic N) is 3. The van der Waals surface area contributed by atoms with E-state index in [9.17, 15) is 18.9 Å². The van der Waals surface area contributed by atoms with E-state index in [2.05, 4.69) is 20.3 Å². The molecule has 0 atom stereocenters. The van der Waals surface area contributed by atoms with Crippen LogP contribution in [-0.4, -0.2) is 27.0 Å². The van der Waals surface area contributed by atoms with Gasteiger partial charge in [-0.05, 0) is 12.1 Å². The third-order valence-corrected chi connectivity index (χ3v) is 4.64. The summed E-state index contributed by atoms with van der Waals surface area (Å²) in [6, 6.07) is 6.44. The Labute approximate surface area is 172 Å². The van der Waals surface area contributed by atoms with Crippen molar-refractivity contribution in [2.24, 2.45) is 0 Å². The third-order valence-electron chi connectivity index (χ3n) is 4.37. The van der Waals surface area contributed by atoms with Crippen molar-refractivity contribution in [2.75, 3.05) is 12.4 Å². The van der Waals surface area contributed by atoms with Gasteiger partial charge in [0.15, 0.2) is 0 Å². The number of nitrogens with one attached hydrogen (secondary N) is 2. The second-order valence-corrected chi connectivity index (χ2v) is 6.55. The molecule has 2 aromatic heterocycles. The average molecular weight is 432 g/mol. The summed E-state index contributed by atoms with van der Waals surface area (Å²) in [6.07, 6.45) is 2.87. The van der Waals surface area contributed by atoms with E-state index < -0.39 is 22.2 Å². The fourth-order valence-corrected chi connectivity index (χ4v) is 3.21. The molecule has 0 spiro atoms. The highest BCUT2D eigenvalue weighted by Gasteiger charge is 2.21. The molecular weight excluding hydrogens is 420 g/mol. The van der Waals surface area contributed by atoms with Crippen molar-refractivity contribution in [3.05, 3.63) is 69.5 Å². The number of ether oxygens (including phenoxy) is 1. The first-order valence-corrected chi connectivity index (χ1v) is 8.84. The van der Waals surface area contributed by atoms with Crippen LogP contribution in [0.25, 0.3) is 22.2 Å². The highest BCUT2D eigenvalue weighted by Crippen LogP contribution is 2.36. The van der Waals surface area contributed by atoms with Crippen molar-refractivity contribution in [2.45, 2.75) is 0 Å². The summed E-state index contributed by atoms with van der Waals surface area (Å²) < 4.78 is 33.3. The topological polar surface area (TPSA) is 106 Å². The number of hydrogen-bond donors (Lipinski definition) is 2. The number of hydrogen-bond acceptors (Lipinski definition) is 6. The highest BCUT2D eigenvalue weighted by atomic mass is 35.5. The summed E-state index contributed by atoms with van der Waals surface area (Å²) in [5.41, 5.74) is 0.539. The smallest absolute Gasteiger partial charge is 0.307 e. The number of methoxy groups -OCH3 is 1. The van der Waals surface area contributed by atoms with Gasteiger partial charge in [0.1, 0.15) is 11.6 Å². The molecule has 11 heteroatoms. The Balaban J connectivity index is 1.80. The van der Waals surface area contributed by atoms with Gasteiger partial charge in [-0.3, -0.25) is 10.1 Å². The molecule has 0 radical (unpaired) electrons. The minimum atomic E-state index is -1.05. The molecule has 0 amide bonds. The molecule has 8 nitrogen and oxygen atoms in total. The molecule has 0 bridgehead atoms. The zero-order valence-electron chi connectivity index (χ0n) is 15.2. The molecule has 30 heavy (non-hydrogen) atoms. The second kappa shape index (κ2) is 7.56. The zero-order chi connectivity index (χ0) is 21.4. The molecule has 0 aliphatic carbocycles. The molecule has 4 rings (SSSR count). The number of nitro benzene ring substituents is 1. The summed E-state index contributed by atoms with van der Waals surface area (Å²) in [7, 11) is 1.29. The Morgan fingerprint density at radius 1 is 1.27 bits per heavy atom. The van der Waals surface area contributed by atoms with Crippen LogP contribution in [0.2, 0.25) is 5.02 Å². The zero-order valence-corrected chi connectivity index (χ0v) is 16.0. The first kappa shape index (κ1) is 19.5. The Morgan fingerprint density at radius 2 is 2.07 bits per heavy atom. The molecule has 2 aromatic carbocycles. The van der Waals surface area contributed by atoms with Crippen molar-refractivity contribution in [3.63, 3.8) is 0 Å². The first-order valence-electron chi connectivity index (χ1n) is 8.46. The van der Waals surface area contributed by atoms with E-state index in [1.807, 2.05) is 0 Å². The number of anilines is 2. The lowest BCUT2D eigenvalue weighted by Crippen LogP contribution is -2.03. The number of fused-ring (bicyclic) bond motifs is 1. The molecule has 0 aliphatic rings. The maximum Gasteiger partial charge on any atom is 0.307 e. The van der Waals surface area contributed by atoms with E-state index in [1.54, 1.807) is 18.3 Å². The van der Waals surface area contributed by atoms with Crippen molar-refractivity contribution >= 4 is 39.8 Å². The summed E-state index contributed by atoms with van der Waals surface area (Å²) >= 11 is 6.24. The number of halogens is 3. The van der Waals surface area contributed by atoms with Crippen molar-refractivity contribution in [1.29, 1.82) is 0 Å². The Morgan fingerprint density at radius 3 is 2.80 bits per heavy atom. The highest BCUT2D eigenvalue weighted by molar-refractivity contribution is 6.33. The number of benzene rings is 2. The van der Waals surface area contributed by atoms with Crippen LogP contribution in [0.5, 0.6) is 5.75 Å². The number of aromatic amines is 1. The van der Waals surface area contributed by atoms with Gasteiger partial charge in [-0.2, -0.15) is 4.39 Å². The van der Waals surface area contributed by atoms with E-state index >= 15 is 0 Å². The van der Waals surface area contributed by atoms with Crippen molar-refractivity contribution in [1.82, 2.24) is 15.0 Å². The van der Waals surface area contributed by atoms with E-state index in [-0.39, 0.29) is 28.1 Å². The van der Waals surface area contributed by atoms with E-state index in [0.29, 0.717) is 16.5 Å². The van der Waals surface area contributed by atoms with Crippen LogP contribution in [0, 0.1) is 21.7 Å². The molecule has 0 aliphatic heterocycles. The van der Waals surface area contributed by atoms with E-state index in [4.69, 9.17) is 16.3 Å². The minimum Gasteiger partial charge on any atom is -0.494 e. The molecule has 4 aromatic rings. The predicted molar refractivity (Wildman–Crippen MR) is 107 cm³/mol. The summed E-state index contributed by atoms with van der Waals surface area (Å²) in [4.78, 5) is 21.5. The molecular formula is C19H12ClF2N5O3. The van der Waals surface area contributed by atoms with Crippen LogP contribution >= 0.6 is 11.6 Å². The lowest BCUT2D eigenvalue weighted by atomic mass is 10.1. The molecule has 2 heterocycles. The van der Waals surface area contributed by atoms with Crippen LogP contribution in [-0.2, 0) is 0 Å².